The van der Waals surface area contributed by atoms with Gasteiger partial charge in [0.2, 0.25) is 5.88 Å². The molecule has 1 aromatic heterocycles. The van der Waals surface area contributed by atoms with E-state index in [1.807, 2.05) is 0 Å². The Morgan fingerprint density at radius 2 is 1.72 bits per heavy atom. The number of halogens is 6. The maximum Gasteiger partial charge on any atom is 0.392 e. The first-order valence-electron chi connectivity index (χ1n) is 6.99. The van der Waals surface area contributed by atoms with Crippen molar-refractivity contribution in [1.82, 2.24) is 4.98 Å². The quantitative estimate of drug-likeness (QED) is 0.607. The maximum absolute atomic E-state index is 11.9. The highest BCUT2D eigenvalue weighted by Crippen LogP contribution is 2.20. The number of esters is 1. The molecule has 0 aromatic carbocycles. The van der Waals surface area contributed by atoms with Crippen LogP contribution in [0.2, 0.25) is 0 Å². The zero-order valence-electron chi connectivity index (χ0n) is 13.2. The third kappa shape index (κ3) is 13.0. The molecular weight excluding hydrogens is 360 g/mol. The first-order valence-corrected chi connectivity index (χ1v) is 6.99. The van der Waals surface area contributed by atoms with Gasteiger partial charge in [-0.3, -0.25) is 0 Å². The van der Waals surface area contributed by atoms with Gasteiger partial charge in [-0.2, -0.15) is 26.3 Å². The van der Waals surface area contributed by atoms with E-state index in [1.165, 1.54) is 18.3 Å². The molecule has 0 radical (unpaired) electrons. The van der Waals surface area contributed by atoms with Crippen LogP contribution in [0.3, 0.4) is 0 Å². The molecule has 0 aliphatic heterocycles. The van der Waals surface area contributed by atoms with Gasteiger partial charge in [-0.1, -0.05) is 0 Å². The van der Waals surface area contributed by atoms with E-state index >= 15 is 0 Å². The summed E-state index contributed by atoms with van der Waals surface area (Å²) in [4.78, 5) is 15.0. The van der Waals surface area contributed by atoms with Gasteiger partial charge in [0.1, 0.15) is 0 Å². The van der Waals surface area contributed by atoms with Crippen molar-refractivity contribution in [3.05, 3.63) is 23.9 Å². The number of hydrogen-bond acceptors (Lipinski definition) is 5. The number of nitrogens with zero attached hydrogens (tertiary/aromatic N) is 1. The summed E-state index contributed by atoms with van der Waals surface area (Å²) < 4.78 is 77.8. The van der Waals surface area contributed by atoms with E-state index in [0.29, 0.717) is 0 Å². The van der Waals surface area contributed by atoms with Crippen LogP contribution in [0.25, 0.3) is 0 Å². The molecule has 1 aromatic rings. The summed E-state index contributed by atoms with van der Waals surface area (Å²) in [6.07, 6.45) is -9.41. The fraction of sp³-hybridized carbons (Fsp3) is 0.571. The first kappa shape index (κ1) is 23.0. The summed E-state index contributed by atoms with van der Waals surface area (Å²) in [6, 6.07) is 2.70. The van der Waals surface area contributed by atoms with E-state index < -0.39 is 44.4 Å². The molecule has 1 N–H and O–H groups in total. The average Bonchev–Trinajstić information content (AvgIpc) is 2.46. The summed E-state index contributed by atoms with van der Waals surface area (Å²) in [7, 11) is 0. The molecule has 0 aliphatic rings. The highest BCUT2D eigenvalue weighted by molar-refractivity contribution is 5.89. The second-order valence-corrected chi connectivity index (χ2v) is 4.41. The summed E-state index contributed by atoms with van der Waals surface area (Å²) >= 11 is 0. The number of carbonyl (C=O) groups excluding carboxylic acids is 1. The minimum Gasteiger partial charge on any atom is -0.477 e. The molecule has 0 saturated carbocycles. The molecule has 144 valence electrons. The van der Waals surface area contributed by atoms with Crippen LogP contribution in [0.1, 0.15) is 30.1 Å². The second-order valence-electron chi connectivity index (χ2n) is 4.41. The van der Waals surface area contributed by atoms with Crippen molar-refractivity contribution in [2.75, 3.05) is 19.8 Å². The number of hydrogen-bond donors (Lipinski definition) is 1. The van der Waals surface area contributed by atoms with Crippen molar-refractivity contribution in [1.29, 1.82) is 0 Å². The van der Waals surface area contributed by atoms with E-state index in [-0.39, 0.29) is 18.1 Å². The predicted molar refractivity (Wildman–Crippen MR) is 74.1 cm³/mol. The van der Waals surface area contributed by atoms with Crippen LogP contribution in [0, 0.1) is 0 Å². The summed E-state index contributed by atoms with van der Waals surface area (Å²) in [5.41, 5.74) is 0.222. The molecule has 0 fully saturated rings. The van der Waals surface area contributed by atoms with Crippen LogP contribution < -0.4 is 4.74 Å². The van der Waals surface area contributed by atoms with Crippen LogP contribution in [0.4, 0.5) is 26.3 Å². The van der Waals surface area contributed by atoms with Gasteiger partial charge in [0.25, 0.3) is 0 Å². The third-order valence-corrected chi connectivity index (χ3v) is 2.28. The number of alkyl halides is 6. The Kier molecular flexibility index (Phi) is 9.87. The second kappa shape index (κ2) is 10.7. The van der Waals surface area contributed by atoms with Crippen LogP contribution in [-0.2, 0) is 4.74 Å². The molecule has 25 heavy (non-hydrogen) atoms. The Morgan fingerprint density at radius 1 is 1.12 bits per heavy atom. The summed E-state index contributed by atoms with van der Waals surface area (Å²) in [6.45, 7) is 0.585. The van der Waals surface area contributed by atoms with Crippen molar-refractivity contribution in [2.45, 2.75) is 32.1 Å². The molecule has 0 amide bonds. The molecular formula is C14H17F6NO4. The van der Waals surface area contributed by atoms with Gasteiger partial charge in [0.05, 0.1) is 38.2 Å². The number of aliphatic hydroxyl groups excluding tert-OH is 1. The van der Waals surface area contributed by atoms with Gasteiger partial charge in [0, 0.05) is 12.3 Å². The van der Waals surface area contributed by atoms with Crippen molar-refractivity contribution in [3.63, 3.8) is 0 Å². The molecule has 0 aliphatic carbocycles. The number of rotatable bonds is 6. The van der Waals surface area contributed by atoms with Gasteiger partial charge < -0.3 is 14.6 Å². The minimum absolute atomic E-state index is 0.0345. The van der Waals surface area contributed by atoms with Crippen LogP contribution in [-0.4, -0.2) is 48.2 Å². The van der Waals surface area contributed by atoms with Crippen LogP contribution in [0.5, 0.6) is 5.88 Å². The van der Waals surface area contributed by atoms with E-state index in [9.17, 15) is 31.1 Å². The standard InChI is InChI=1S/C11H12F3NO3.C3H5F3O/c1-2-17-10(16)8-3-4-9(15-7-8)18-6-5-11(12,13)14;4-3(5,6)1-2-7/h3-4,7H,2,5-6H2,1H3;7H,1-2H2. The lowest BCUT2D eigenvalue weighted by molar-refractivity contribution is -0.141. The molecule has 0 atom stereocenters. The third-order valence-electron chi connectivity index (χ3n) is 2.28. The van der Waals surface area contributed by atoms with E-state index in [0.717, 1.165) is 0 Å². The van der Waals surface area contributed by atoms with Crippen LogP contribution in [0.15, 0.2) is 18.3 Å². The average molecular weight is 377 g/mol. The molecule has 0 unspecified atom stereocenters. The summed E-state index contributed by atoms with van der Waals surface area (Å²) in [5.74, 6) is -0.501. The van der Waals surface area contributed by atoms with Gasteiger partial charge in [-0.25, -0.2) is 9.78 Å². The highest BCUT2D eigenvalue weighted by Gasteiger charge is 2.27. The smallest absolute Gasteiger partial charge is 0.392 e. The Bertz CT molecular complexity index is 502. The molecule has 0 bridgehead atoms. The number of aromatic nitrogens is 1. The minimum atomic E-state index is -4.26. The topological polar surface area (TPSA) is 68.7 Å². The summed E-state index contributed by atoms with van der Waals surface area (Å²) in [5, 5.41) is 7.68. The largest absolute Gasteiger partial charge is 0.477 e. The molecule has 11 heteroatoms. The Morgan fingerprint density at radius 3 is 2.08 bits per heavy atom. The van der Waals surface area contributed by atoms with E-state index in [4.69, 9.17) is 14.6 Å². The predicted octanol–water partition coefficient (Wildman–Crippen LogP) is 3.52. The monoisotopic (exact) mass is 377 g/mol. The fourth-order valence-electron chi connectivity index (χ4n) is 1.20. The van der Waals surface area contributed by atoms with Gasteiger partial charge in [0.15, 0.2) is 0 Å². The Hall–Kier alpha value is -2.04. The molecule has 1 rings (SSSR count). The number of ether oxygens (including phenoxy) is 2. The van der Waals surface area contributed by atoms with Crippen molar-refractivity contribution < 1.29 is 45.7 Å². The molecule has 0 saturated heterocycles. The zero-order valence-corrected chi connectivity index (χ0v) is 13.2. The number of carbonyl (C=O) groups is 1. The van der Waals surface area contributed by atoms with Gasteiger partial charge >= 0.3 is 18.3 Å². The molecule has 0 spiro atoms. The van der Waals surface area contributed by atoms with Crippen molar-refractivity contribution in [3.8, 4) is 5.88 Å². The van der Waals surface area contributed by atoms with Crippen molar-refractivity contribution in [2.24, 2.45) is 0 Å². The van der Waals surface area contributed by atoms with E-state index in [2.05, 4.69) is 4.98 Å². The van der Waals surface area contributed by atoms with E-state index in [1.54, 1.807) is 6.92 Å². The fourth-order valence-corrected chi connectivity index (χ4v) is 1.20. The highest BCUT2D eigenvalue weighted by atomic mass is 19.4. The maximum atomic E-state index is 11.9. The lowest BCUT2D eigenvalue weighted by Gasteiger charge is -2.08. The van der Waals surface area contributed by atoms with Gasteiger partial charge in [-0.05, 0) is 13.0 Å². The van der Waals surface area contributed by atoms with Gasteiger partial charge in [-0.15, -0.1) is 0 Å². The SMILES string of the molecule is CCOC(=O)c1ccc(OCCC(F)(F)F)nc1.OCCC(F)(F)F. The Labute approximate surface area is 139 Å². The first-order chi connectivity index (χ1) is 11.5. The van der Waals surface area contributed by atoms with Crippen molar-refractivity contribution >= 4 is 5.97 Å². The molecule has 5 nitrogen and oxygen atoms in total. The molecule has 1 heterocycles. The lowest BCUT2D eigenvalue weighted by atomic mass is 10.3. The normalized spacial score (nSPS) is 11.4. The zero-order chi connectivity index (χ0) is 19.5. The number of pyridine rings is 1. The lowest BCUT2D eigenvalue weighted by Crippen LogP contribution is -2.13. The Balaban J connectivity index is 0.000000697. The number of aliphatic hydroxyl groups is 1. The van der Waals surface area contributed by atoms with Crippen LogP contribution >= 0.6 is 0 Å².